The summed E-state index contributed by atoms with van der Waals surface area (Å²) in [4.78, 5) is 0.190. The highest BCUT2D eigenvalue weighted by atomic mass is 32.2. The molecule has 1 aromatic rings. The summed E-state index contributed by atoms with van der Waals surface area (Å²) in [7, 11) is -3.39. The van der Waals surface area contributed by atoms with Crippen molar-refractivity contribution in [2.75, 3.05) is 6.54 Å². The second kappa shape index (κ2) is 5.46. The van der Waals surface area contributed by atoms with Crippen molar-refractivity contribution in [1.29, 1.82) is 0 Å². The third kappa shape index (κ3) is 3.41. The zero-order valence-electron chi connectivity index (χ0n) is 9.65. The molecule has 0 saturated carbocycles. The third-order valence-electron chi connectivity index (χ3n) is 2.91. The van der Waals surface area contributed by atoms with E-state index in [0.29, 0.717) is 6.54 Å². The summed E-state index contributed by atoms with van der Waals surface area (Å²) in [5.74, 6) is 0. The van der Waals surface area contributed by atoms with E-state index in [1.54, 1.807) is 0 Å². The maximum absolute atomic E-state index is 11.7. The van der Waals surface area contributed by atoms with Gasteiger partial charge >= 0.3 is 0 Å². The lowest BCUT2D eigenvalue weighted by molar-refractivity contribution is 0.579. The lowest BCUT2D eigenvalue weighted by Crippen LogP contribution is -2.24. The highest BCUT2D eigenvalue weighted by Gasteiger charge is 2.14. The fourth-order valence-corrected chi connectivity index (χ4v) is 2.88. The van der Waals surface area contributed by atoms with Crippen LogP contribution >= 0.6 is 0 Å². The minimum absolute atomic E-state index is 0.190. The van der Waals surface area contributed by atoms with Gasteiger partial charge in [0.2, 0.25) is 10.0 Å². The molecule has 17 heavy (non-hydrogen) atoms. The first-order valence-corrected chi connectivity index (χ1v) is 7.33. The SMILES string of the molecule is O=S(=O)(NCCC1=CCCCC1)c1cn[nH]c1. The van der Waals surface area contributed by atoms with Gasteiger partial charge in [0.15, 0.2) is 0 Å². The molecule has 0 spiro atoms. The lowest BCUT2D eigenvalue weighted by atomic mass is 9.97. The summed E-state index contributed by atoms with van der Waals surface area (Å²) in [6.07, 6.45) is 10.4. The van der Waals surface area contributed by atoms with Crippen LogP contribution in [-0.4, -0.2) is 25.2 Å². The molecule has 0 saturated heterocycles. The summed E-state index contributed by atoms with van der Waals surface area (Å²) in [5, 5.41) is 6.13. The Hall–Kier alpha value is -1.14. The normalized spacial score (nSPS) is 16.8. The molecular weight excluding hydrogens is 238 g/mol. The number of rotatable bonds is 5. The predicted octanol–water partition coefficient (Wildman–Crippen LogP) is 1.58. The van der Waals surface area contributed by atoms with Crippen LogP contribution in [0.5, 0.6) is 0 Å². The molecular formula is C11H17N3O2S. The van der Waals surface area contributed by atoms with Gasteiger partial charge in [-0.05, 0) is 32.1 Å². The minimum Gasteiger partial charge on any atom is -0.284 e. The molecule has 1 heterocycles. The van der Waals surface area contributed by atoms with E-state index in [2.05, 4.69) is 21.0 Å². The molecule has 0 amide bonds. The van der Waals surface area contributed by atoms with Crippen LogP contribution < -0.4 is 4.72 Å². The van der Waals surface area contributed by atoms with Crippen molar-refractivity contribution in [1.82, 2.24) is 14.9 Å². The van der Waals surface area contributed by atoms with Crippen molar-refractivity contribution in [3.05, 3.63) is 24.0 Å². The van der Waals surface area contributed by atoms with E-state index < -0.39 is 10.0 Å². The minimum atomic E-state index is -3.39. The van der Waals surface area contributed by atoms with Gasteiger partial charge in [0.1, 0.15) is 4.90 Å². The van der Waals surface area contributed by atoms with Crippen LogP contribution in [0.15, 0.2) is 28.9 Å². The molecule has 0 aliphatic heterocycles. The molecule has 2 rings (SSSR count). The molecule has 0 fully saturated rings. The summed E-state index contributed by atoms with van der Waals surface area (Å²) in [6, 6.07) is 0. The van der Waals surface area contributed by atoms with E-state index in [0.717, 1.165) is 19.3 Å². The Kier molecular flexibility index (Phi) is 3.96. The summed E-state index contributed by atoms with van der Waals surface area (Å²) >= 11 is 0. The molecule has 0 aromatic carbocycles. The number of allylic oxidation sites excluding steroid dienone is 1. The molecule has 0 bridgehead atoms. The van der Waals surface area contributed by atoms with Gasteiger partial charge in [-0.15, -0.1) is 0 Å². The van der Waals surface area contributed by atoms with E-state index in [9.17, 15) is 8.42 Å². The van der Waals surface area contributed by atoms with Gasteiger partial charge < -0.3 is 0 Å². The number of hydrogen-bond donors (Lipinski definition) is 2. The van der Waals surface area contributed by atoms with Gasteiger partial charge in [-0.25, -0.2) is 13.1 Å². The zero-order chi connectivity index (χ0) is 12.1. The molecule has 1 aromatic heterocycles. The maximum atomic E-state index is 11.7. The van der Waals surface area contributed by atoms with Crippen molar-refractivity contribution in [3.63, 3.8) is 0 Å². The van der Waals surface area contributed by atoms with Gasteiger partial charge in [-0.3, -0.25) is 5.10 Å². The Labute approximate surface area is 101 Å². The number of aromatic nitrogens is 2. The summed E-state index contributed by atoms with van der Waals surface area (Å²) in [5.41, 5.74) is 1.37. The van der Waals surface area contributed by atoms with Gasteiger partial charge in [0, 0.05) is 12.7 Å². The molecule has 0 atom stereocenters. The second-order valence-corrected chi connectivity index (χ2v) is 5.96. The Morgan fingerprint density at radius 1 is 1.41 bits per heavy atom. The monoisotopic (exact) mass is 255 g/mol. The van der Waals surface area contributed by atoms with Crippen LogP contribution in [0.4, 0.5) is 0 Å². The maximum Gasteiger partial charge on any atom is 0.243 e. The van der Waals surface area contributed by atoms with E-state index >= 15 is 0 Å². The van der Waals surface area contributed by atoms with E-state index in [-0.39, 0.29) is 4.90 Å². The van der Waals surface area contributed by atoms with E-state index in [4.69, 9.17) is 0 Å². The second-order valence-electron chi connectivity index (χ2n) is 4.19. The standard InChI is InChI=1S/C11H17N3O2S/c15-17(16,11-8-12-13-9-11)14-7-6-10-4-2-1-3-5-10/h4,8-9,14H,1-3,5-7H2,(H,12,13). The molecule has 0 unspecified atom stereocenters. The number of sulfonamides is 1. The molecule has 94 valence electrons. The molecule has 6 heteroatoms. The quantitative estimate of drug-likeness (QED) is 0.784. The number of nitrogens with zero attached hydrogens (tertiary/aromatic N) is 1. The Bertz CT molecular complexity index is 477. The number of aromatic amines is 1. The van der Waals surface area contributed by atoms with E-state index in [1.165, 1.54) is 30.8 Å². The first kappa shape index (κ1) is 12.3. The van der Waals surface area contributed by atoms with Crippen molar-refractivity contribution >= 4 is 10.0 Å². The van der Waals surface area contributed by atoms with Gasteiger partial charge in [-0.2, -0.15) is 5.10 Å². The third-order valence-corrected chi connectivity index (χ3v) is 4.33. The van der Waals surface area contributed by atoms with Gasteiger partial charge in [0.05, 0.1) is 6.20 Å². The summed E-state index contributed by atoms with van der Waals surface area (Å²) < 4.78 is 26.1. The Balaban J connectivity index is 1.84. The fourth-order valence-electron chi connectivity index (χ4n) is 1.95. The highest BCUT2D eigenvalue weighted by Crippen LogP contribution is 2.19. The molecule has 1 aliphatic rings. The van der Waals surface area contributed by atoms with Crippen molar-refractivity contribution < 1.29 is 8.42 Å². The predicted molar refractivity (Wildman–Crippen MR) is 64.9 cm³/mol. The zero-order valence-corrected chi connectivity index (χ0v) is 10.5. The molecule has 5 nitrogen and oxygen atoms in total. The van der Waals surface area contributed by atoms with Crippen molar-refractivity contribution in [2.24, 2.45) is 0 Å². The van der Waals surface area contributed by atoms with Gasteiger partial charge in [-0.1, -0.05) is 11.6 Å². The van der Waals surface area contributed by atoms with Crippen LogP contribution in [0, 0.1) is 0 Å². The number of H-pyrrole nitrogens is 1. The average molecular weight is 255 g/mol. The largest absolute Gasteiger partial charge is 0.284 e. The number of nitrogens with one attached hydrogen (secondary N) is 2. The van der Waals surface area contributed by atoms with E-state index in [1.807, 2.05) is 0 Å². The number of hydrogen-bond acceptors (Lipinski definition) is 3. The molecule has 2 N–H and O–H groups in total. The van der Waals surface area contributed by atoms with Crippen LogP contribution in [0.25, 0.3) is 0 Å². The van der Waals surface area contributed by atoms with Crippen molar-refractivity contribution in [3.8, 4) is 0 Å². The van der Waals surface area contributed by atoms with Crippen LogP contribution in [0.1, 0.15) is 32.1 Å². The van der Waals surface area contributed by atoms with Gasteiger partial charge in [0.25, 0.3) is 0 Å². The lowest BCUT2D eigenvalue weighted by Gasteiger charge is -2.12. The first-order valence-electron chi connectivity index (χ1n) is 5.85. The van der Waals surface area contributed by atoms with Crippen LogP contribution in [0.2, 0.25) is 0 Å². The molecule has 1 aliphatic carbocycles. The highest BCUT2D eigenvalue weighted by molar-refractivity contribution is 7.89. The average Bonchev–Trinajstić information content (AvgIpc) is 2.84. The Morgan fingerprint density at radius 2 is 2.29 bits per heavy atom. The molecule has 0 radical (unpaired) electrons. The van der Waals surface area contributed by atoms with Crippen molar-refractivity contribution in [2.45, 2.75) is 37.0 Å². The van der Waals surface area contributed by atoms with Crippen LogP contribution in [-0.2, 0) is 10.0 Å². The smallest absolute Gasteiger partial charge is 0.243 e. The fraction of sp³-hybridized carbons (Fsp3) is 0.545. The first-order chi connectivity index (χ1) is 8.18. The summed E-state index contributed by atoms with van der Waals surface area (Å²) in [6.45, 7) is 0.458. The van der Waals surface area contributed by atoms with Crippen LogP contribution in [0.3, 0.4) is 0 Å². The topological polar surface area (TPSA) is 74.8 Å². The Morgan fingerprint density at radius 3 is 2.94 bits per heavy atom.